The minimum Gasteiger partial charge on any atom is -0.468 e. The van der Waals surface area contributed by atoms with E-state index in [4.69, 9.17) is 4.42 Å². The largest absolute Gasteiger partial charge is 0.468 e. The van der Waals surface area contributed by atoms with Crippen LogP contribution in [0.5, 0.6) is 0 Å². The molecule has 2 heteroatoms. The average molecular weight is 193 g/mol. The molecule has 2 rings (SSSR count). The molecule has 1 fully saturated rings. The molecule has 0 aromatic carbocycles. The van der Waals surface area contributed by atoms with Gasteiger partial charge in [0.25, 0.3) is 0 Å². The maximum atomic E-state index is 5.37. The third-order valence-corrected chi connectivity index (χ3v) is 3.15. The van der Waals surface area contributed by atoms with Gasteiger partial charge in [0.1, 0.15) is 5.76 Å². The van der Waals surface area contributed by atoms with Gasteiger partial charge in [-0.25, -0.2) is 0 Å². The number of nitrogens with one attached hydrogen (secondary N) is 1. The van der Waals surface area contributed by atoms with Crippen LogP contribution in [0.25, 0.3) is 0 Å². The van der Waals surface area contributed by atoms with Crippen molar-refractivity contribution in [3.63, 3.8) is 0 Å². The number of furan rings is 1. The van der Waals surface area contributed by atoms with Crippen molar-refractivity contribution in [2.45, 2.75) is 45.2 Å². The van der Waals surface area contributed by atoms with Crippen LogP contribution in [0.3, 0.4) is 0 Å². The Morgan fingerprint density at radius 2 is 2.36 bits per heavy atom. The third kappa shape index (κ3) is 2.18. The molecule has 78 valence electrons. The van der Waals surface area contributed by atoms with Gasteiger partial charge in [-0.15, -0.1) is 0 Å². The van der Waals surface area contributed by atoms with Gasteiger partial charge in [0.2, 0.25) is 0 Å². The van der Waals surface area contributed by atoms with Crippen LogP contribution in [-0.4, -0.2) is 6.04 Å². The molecule has 3 unspecified atom stereocenters. The Morgan fingerprint density at radius 3 is 2.93 bits per heavy atom. The fraction of sp³-hybridized carbons (Fsp3) is 0.667. The zero-order valence-electron chi connectivity index (χ0n) is 8.99. The van der Waals surface area contributed by atoms with Crippen molar-refractivity contribution >= 4 is 0 Å². The van der Waals surface area contributed by atoms with Gasteiger partial charge in [0.15, 0.2) is 0 Å². The maximum Gasteiger partial charge on any atom is 0.120 e. The number of hydrogen-bond acceptors (Lipinski definition) is 2. The van der Waals surface area contributed by atoms with Crippen molar-refractivity contribution in [2.75, 3.05) is 0 Å². The van der Waals surface area contributed by atoms with Crippen LogP contribution in [0, 0.1) is 5.92 Å². The normalized spacial score (nSPS) is 29.3. The van der Waals surface area contributed by atoms with Crippen molar-refractivity contribution in [3.8, 4) is 0 Å². The highest BCUT2D eigenvalue weighted by molar-refractivity contribution is 5.03. The second kappa shape index (κ2) is 4.18. The van der Waals surface area contributed by atoms with Gasteiger partial charge in [-0.1, -0.05) is 6.92 Å². The standard InChI is InChI=1S/C12H19NO/c1-9-5-6-11(8-9)13-10(2)12-4-3-7-14-12/h3-4,7,9-11,13H,5-6,8H2,1-2H3. The fourth-order valence-corrected chi connectivity index (χ4v) is 2.33. The lowest BCUT2D eigenvalue weighted by molar-refractivity contribution is 0.385. The first kappa shape index (κ1) is 9.78. The SMILES string of the molecule is CC1CCC(NC(C)c2ccco2)C1. The van der Waals surface area contributed by atoms with Gasteiger partial charge in [-0.2, -0.15) is 0 Å². The topological polar surface area (TPSA) is 25.2 Å². The quantitative estimate of drug-likeness (QED) is 0.798. The molecule has 0 amide bonds. The van der Waals surface area contributed by atoms with Crippen LogP contribution < -0.4 is 5.32 Å². The molecule has 0 spiro atoms. The van der Waals surface area contributed by atoms with Gasteiger partial charge in [0.05, 0.1) is 12.3 Å². The van der Waals surface area contributed by atoms with E-state index in [1.165, 1.54) is 19.3 Å². The van der Waals surface area contributed by atoms with E-state index >= 15 is 0 Å². The summed E-state index contributed by atoms with van der Waals surface area (Å²) in [6.45, 7) is 4.50. The van der Waals surface area contributed by atoms with Gasteiger partial charge >= 0.3 is 0 Å². The smallest absolute Gasteiger partial charge is 0.120 e. The molecule has 1 saturated carbocycles. The Kier molecular flexibility index (Phi) is 2.92. The minimum atomic E-state index is 0.347. The Balaban J connectivity index is 1.86. The molecule has 1 aromatic rings. The van der Waals surface area contributed by atoms with E-state index in [1.54, 1.807) is 6.26 Å². The lowest BCUT2D eigenvalue weighted by Gasteiger charge is -2.17. The molecule has 1 aromatic heterocycles. The monoisotopic (exact) mass is 193 g/mol. The summed E-state index contributed by atoms with van der Waals surface area (Å²) in [5, 5.41) is 3.62. The lowest BCUT2D eigenvalue weighted by atomic mass is 10.1. The Hall–Kier alpha value is -0.760. The summed E-state index contributed by atoms with van der Waals surface area (Å²) >= 11 is 0. The second-order valence-electron chi connectivity index (χ2n) is 4.52. The van der Waals surface area contributed by atoms with E-state index < -0.39 is 0 Å². The van der Waals surface area contributed by atoms with Gasteiger partial charge in [-0.3, -0.25) is 0 Å². The minimum absolute atomic E-state index is 0.347. The van der Waals surface area contributed by atoms with Crippen molar-refractivity contribution in [2.24, 2.45) is 5.92 Å². The zero-order valence-corrected chi connectivity index (χ0v) is 8.99. The Morgan fingerprint density at radius 1 is 1.50 bits per heavy atom. The van der Waals surface area contributed by atoms with Crippen molar-refractivity contribution < 1.29 is 4.42 Å². The highest BCUT2D eigenvalue weighted by Crippen LogP contribution is 2.26. The number of rotatable bonds is 3. The van der Waals surface area contributed by atoms with Crippen molar-refractivity contribution in [1.29, 1.82) is 0 Å². The fourth-order valence-electron chi connectivity index (χ4n) is 2.33. The van der Waals surface area contributed by atoms with Gasteiger partial charge < -0.3 is 9.73 Å². The molecule has 0 bridgehead atoms. The Bertz CT molecular complexity index is 268. The van der Waals surface area contributed by atoms with Gasteiger partial charge in [0, 0.05) is 6.04 Å². The predicted octanol–water partition coefficient (Wildman–Crippen LogP) is 3.12. The highest BCUT2D eigenvalue weighted by Gasteiger charge is 2.23. The summed E-state index contributed by atoms with van der Waals surface area (Å²) in [4.78, 5) is 0. The van der Waals surface area contributed by atoms with E-state index in [9.17, 15) is 0 Å². The Labute approximate surface area is 85.7 Å². The second-order valence-corrected chi connectivity index (χ2v) is 4.52. The van der Waals surface area contributed by atoms with Crippen LogP contribution >= 0.6 is 0 Å². The molecule has 1 N–H and O–H groups in total. The molecule has 14 heavy (non-hydrogen) atoms. The molecule has 0 saturated heterocycles. The predicted molar refractivity (Wildman–Crippen MR) is 57.1 cm³/mol. The molecule has 0 aliphatic heterocycles. The van der Waals surface area contributed by atoms with Crippen LogP contribution in [0.15, 0.2) is 22.8 Å². The molecular formula is C12H19NO. The highest BCUT2D eigenvalue weighted by atomic mass is 16.3. The van der Waals surface area contributed by atoms with E-state index in [0.29, 0.717) is 12.1 Å². The van der Waals surface area contributed by atoms with Crippen molar-refractivity contribution in [3.05, 3.63) is 24.2 Å². The number of hydrogen-bond donors (Lipinski definition) is 1. The summed E-state index contributed by atoms with van der Waals surface area (Å²) in [6.07, 6.45) is 5.73. The van der Waals surface area contributed by atoms with Crippen LogP contribution in [-0.2, 0) is 0 Å². The lowest BCUT2D eigenvalue weighted by Crippen LogP contribution is -2.29. The summed E-state index contributed by atoms with van der Waals surface area (Å²) in [5.41, 5.74) is 0. The molecule has 1 heterocycles. The zero-order chi connectivity index (χ0) is 9.97. The summed E-state index contributed by atoms with van der Waals surface area (Å²) < 4.78 is 5.37. The molecule has 3 atom stereocenters. The molecule has 2 nitrogen and oxygen atoms in total. The molecule has 1 aliphatic rings. The first-order valence-corrected chi connectivity index (χ1v) is 5.55. The van der Waals surface area contributed by atoms with Crippen LogP contribution in [0.1, 0.15) is 44.9 Å². The van der Waals surface area contributed by atoms with Crippen LogP contribution in [0.2, 0.25) is 0 Å². The van der Waals surface area contributed by atoms with E-state index in [1.807, 2.05) is 12.1 Å². The summed E-state index contributed by atoms with van der Waals surface area (Å²) in [7, 11) is 0. The van der Waals surface area contributed by atoms with E-state index in [0.717, 1.165) is 11.7 Å². The van der Waals surface area contributed by atoms with Crippen LogP contribution in [0.4, 0.5) is 0 Å². The summed E-state index contributed by atoms with van der Waals surface area (Å²) in [5.74, 6) is 1.93. The van der Waals surface area contributed by atoms with E-state index in [-0.39, 0.29) is 0 Å². The first-order valence-electron chi connectivity index (χ1n) is 5.55. The average Bonchev–Trinajstić information content (AvgIpc) is 2.75. The summed E-state index contributed by atoms with van der Waals surface area (Å²) in [6, 6.07) is 5.02. The molecular weight excluding hydrogens is 174 g/mol. The molecule has 1 aliphatic carbocycles. The maximum absolute atomic E-state index is 5.37. The van der Waals surface area contributed by atoms with E-state index in [2.05, 4.69) is 19.2 Å². The third-order valence-electron chi connectivity index (χ3n) is 3.15. The first-order chi connectivity index (χ1) is 6.75. The van der Waals surface area contributed by atoms with Gasteiger partial charge in [-0.05, 0) is 44.2 Å². The molecule has 0 radical (unpaired) electrons. The van der Waals surface area contributed by atoms with Crippen molar-refractivity contribution in [1.82, 2.24) is 5.32 Å².